The van der Waals surface area contributed by atoms with E-state index in [1.807, 2.05) is 6.07 Å². The molecule has 0 aliphatic carbocycles. The van der Waals surface area contributed by atoms with Crippen molar-refractivity contribution in [2.45, 2.75) is 6.42 Å². The van der Waals surface area contributed by atoms with Crippen molar-refractivity contribution in [3.05, 3.63) is 24.5 Å². The predicted octanol–water partition coefficient (Wildman–Crippen LogP) is 1.34. The van der Waals surface area contributed by atoms with Crippen LogP contribution in [0.4, 0.5) is 0 Å². The van der Waals surface area contributed by atoms with Crippen LogP contribution in [0.2, 0.25) is 0 Å². The standard InChI is InChI=1S/C7H7N3/c1-6(2-3-8)7-4-9-10-5-7/h4-5H,1-2H2,(H,9,10). The number of nitrogens with one attached hydrogen (secondary N) is 1. The van der Waals surface area contributed by atoms with Crippen LogP contribution < -0.4 is 0 Å². The number of allylic oxidation sites excluding steroid dienone is 1. The van der Waals surface area contributed by atoms with E-state index in [-0.39, 0.29) is 0 Å². The Hall–Kier alpha value is -1.56. The molecule has 0 spiro atoms. The van der Waals surface area contributed by atoms with Gasteiger partial charge in [0, 0.05) is 11.8 Å². The molecule has 1 aromatic heterocycles. The van der Waals surface area contributed by atoms with Crippen LogP contribution in [0.3, 0.4) is 0 Å². The minimum absolute atomic E-state index is 0.361. The Balaban J connectivity index is 2.71. The maximum Gasteiger partial charge on any atom is 0.0669 e. The summed E-state index contributed by atoms with van der Waals surface area (Å²) in [7, 11) is 0. The number of hydrogen-bond acceptors (Lipinski definition) is 2. The lowest BCUT2D eigenvalue weighted by molar-refractivity contribution is 1.09. The van der Waals surface area contributed by atoms with Gasteiger partial charge in [-0.15, -0.1) is 0 Å². The molecular formula is C7H7N3. The zero-order valence-electron chi connectivity index (χ0n) is 5.46. The Labute approximate surface area is 59.0 Å². The molecule has 0 saturated heterocycles. The molecule has 1 aromatic rings. The van der Waals surface area contributed by atoms with Gasteiger partial charge in [-0.25, -0.2) is 0 Å². The average Bonchev–Trinajstić information content (AvgIpc) is 2.38. The lowest BCUT2D eigenvalue weighted by Crippen LogP contribution is -1.75. The topological polar surface area (TPSA) is 52.5 Å². The van der Waals surface area contributed by atoms with Gasteiger partial charge in [-0.3, -0.25) is 5.10 Å². The summed E-state index contributed by atoms with van der Waals surface area (Å²) in [6.07, 6.45) is 3.74. The summed E-state index contributed by atoms with van der Waals surface area (Å²) in [6.45, 7) is 3.70. The van der Waals surface area contributed by atoms with Crippen LogP contribution >= 0.6 is 0 Å². The van der Waals surface area contributed by atoms with E-state index in [2.05, 4.69) is 16.8 Å². The molecule has 3 nitrogen and oxygen atoms in total. The Morgan fingerprint density at radius 3 is 3.20 bits per heavy atom. The van der Waals surface area contributed by atoms with Crippen molar-refractivity contribution in [2.24, 2.45) is 0 Å². The number of rotatable bonds is 2. The van der Waals surface area contributed by atoms with Crippen molar-refractivity contribution >= 4 is 5.57 Å². The summed E-state index contributed by atoms with van der Waals surface area (Å²) in [6, 6.07) is 2.01. The molecule has 50 valence electrons. The van der Waals surface area contributed by atoms with E-state index in [0.29, 0.717) is 6.42 Å². The van der Waals surface area contributed by atoms with Gasteiger partial charge in [-0.1, -0.05) is 6.58 Å². The third kappa shape index (κ3) is 1.23. The Bertz CT molecular complexity index is 253. The molecule has 10 heavy (non-hydrogen) atoms. The summed E-state index contributed by atoms with van der Waals surface area (Å²) in [4.78, 5) is 0. The highest BCUT2D eigenvalue weighted by Gasteiger charge is 1.96. The minimum atomic E-state index is 0.361. The Morgan fingerprint density at radius 1 is 1.90 bits per heavy atom. The van der Waals surface area contributed by atoms with Gasteiger partial charge in [0.15, 0.2) is 0 Å². The summed E-state index contributed by atoms with van der Waals surface area (Å²) in [5.41, 5.74) is 1.71. The molecule has 0 atom stereocenters. The molecule has 1 heterocycles. The SMILES string of the molecule is C=C(CC#N)c1cn[nH]c1. The summed E-state index contributed by atoms with van der Waals surface area (Å²) < 4.78 is 0. The molecule has 3 heteroatoms. The fourth-order valence-corrected chi connectivity index (χ4v) is 0.642. The van der Waals surface area contributed by atoms with Crippen LogP contribution in [0.5, 0.6) is 0 Å². The number of nitrogens with zero attached hydrogens (tertiary/aromatic N) is 2. The smallest absolute Gasteiger partial charge is 0.0669 e. The van der Waals surface area contributed by atoms with E-state index < -0.39 is 0 Å². The van der Waals surface area contributed by atoms with Crippen LogP contribution in [0.1, 0.15) is 12.0 Å². The number of nitriles is 1. The molecule has 0 amide bonds. The monoisotopic (exact) mass is 133 g/mol. The molecule has 0 fully saturated rings. The van der Waals surface area contributed by atoms with Crippen molar-refractivity contribution in [3.63, 3.8) is 0 Å². The van der Waals surface area contributed by atoms with Crippen LogP contribution in [-0.2, 0) is 0 Å². The first kappa shape index (κ1) is 6.56. The minimum Gasteiger partial charge on any atom is -0.285 e. The second kappa shape index (κ2) is 2.83. The molecule has 0 unspecified atom stereocenters. The van der Waals surface area contributed by atoms with E-state index in [1.165, 1.54) is 0 Å². The second-order valence-electron chi connectivity index (χ2n) is 1.93. The third-order valence-corrected chi connectivity index (χ3v) is 1.20. The van der Waals surface area contributed by atoms with E-state index in [4.69, 9.17) is 5.26 Å². The normalized spacial score (nSPS) is 8.70. The summed E-state index contributed by atoms with van der Waals surface area (Å²) in [5.74, 6) is 0. The van der Waals surface area contributed by atoms with Gasteiger partial charge in [-0.2, -0.15) is 10.4 Å². The largest absolute Gasteiger partial charge is 0.285 e. The van der Waals surface area contributed by atoms with Crippen LogP contribution in [0.15, 0.2) is 19.0 Å². The number of H-pyrrole nitrogens is 1. The van der Waals surface area contributed by atoms with Crippen molar-refractivity contribution in [1.82, 2.24) is 10.2 Å². The molecule has 0 saturated carbocycles. The molecule has 1 N–H and O–H groups in total. The van der Waals surface area contributed by atoms with E-state index in [0.717, 1.165) is 11.1 Å². The summed E-state index contributed by atoms with van der Waals surface area (Å²) >= 11 is 0. The molecule has 0 aromatic carbocycles. The second-order valence-corrected chi connectivity index (χ2v) is 1.93. The van der Waals surface area contributed by atoms with Crippen molar-refractivity contribution in [1.29, 1.82) is 5.26 Å². The van der Waals surface area contributed by atoms with Gasteiger partial charge < -0.3 is 0 Å². The van der Waals surface area contributed by atoms with E-state index in [9.17, 15) is 0 Å². The molecule has 0 bridgehead atoms. The van der Waals surface area contributed by atoms with Crippen molar-refractivity contribution < 1.29 is 0 Å². The van der Waals surface area contributed by atoms with E-state index >= 15 is 0 Å². The molecule has 1 rings (SSSR count). The highest BCUT2D eigenvalue weighted by molar-refractivity contribution is 5.63. The quantitative estimate of drug-likeness (QED) is 0.661. The first-order valence-corrected chi connectivity index (χ1v) is 2.88. The first-order chi connectivity index (χ1) is 4.84. The van der Waals surface area contributed by atoms with Crippen molar-refractivity contribution in [3.8, 4) is 6.07 Å². The van der Waals surface area contributed by atoms with Gasteiger partial charge in [0.05, 0.1) is 18.7 Å². The van der Waals surface area contributed by atoms with Crippen LogP contribution in [-0.4, -0.2) is 10.2 Å². The van der Waals surface area contributed by atoms with Gasteiger partial charge in [-0.05, 0) is 5.57 Å². The molecule has 0 aliphatic rings. The van der Waals surface area contributed by atoms with Gasteiger partial charge in [0.2, 0.25) is 0 Å². The number of aromatic nitrogens is 2. The average molecular weight is 133 g/mol. The maximum atomic E-state index is 8.29. The first-order valence-electron chi connectivity index (χ1n) is 2.88. The zero-order valence-corrected chi connectivity index (χ0v) is 5.46. The zero-order chi connectivity index (χ0) is 7.40. The third-order valence-electron chi connectivity index (χ3n) is 1.20. The number of hydrogen-bond donors (Lipinski definition) is 1. The Morgan fingerprint density at radius 2 is 2.70 bits per heavy atom. The molecule has 0 radical (unpaired) electrons. The fourth-order valence-electron chi connectivity index (χ4n) is 0.642. The lowest BCUT2D eigenvalue weighted by atomic mass is 10.1. The Kier molecular flexibility index (Phi) is 1.86. The lowest BCUT2D eigenvalue weighted by Gasteiger charge is -1.90. The van der Waals surface area contributed by atoms with Gasteiger partial charge >= 0.3 is 0 Å². The molecule has 0 aliphatic heterocycles. The predicted molar refractivity (Wildman–Crippen MR) is 37.9 cm³/mol. The molecular weight excluding hydrogens is 126 g/mol. The maximum absolute atomic E-state index is 8.29. The summed E-state index contributed by atoms with van der Waals surface area (Å²) in [5, 5.41) is 14.7. The number of aromatic amines is 1. The van der Waals surface area contributed by atoms with Gasteiger partial charge in [0.25, 0.3) is 0 Å². The van der Waals surface area contributed by atoms with Crippen LogP contribution in [0.25, 0.3) is 5.57 Å². The highest BCUT2D eigenvalue weighted by atomic mass is 15.1. The van der Waals surface area contributed by atoms with Crippen LogP contribution in [0, 0.1) is 11.3 Å². The highest BCUT2D eigenvalue weighted by Crippen LogP contribution is 2.11. The fraction of sp³-hybridized carbons (Fsp3) is 0.143. The van der Waals surface area contributed by atoms with E-state index in [1.54, 1.807) is 12.4 Å². The van der Waals surface area contributed by atoms with Crippen molar-refractivity contribution in [2.75, 3.05) is 0 Å². The van der Waals surface area contributed by atoms with Gasteiger partial charge in [0.1, 0.15) is 0 Å².